The highest BCUT2D eigenvalue weighted by Crippen LogP contribution is 2.26. The smallest absolute Gasteiger partial charge is 0.240 e. The molecule has 0 fully saturated rings. The molecule has 1 unspecified atom stereocenters. The van der Waals surface area contributed by atoms with Crippen molar-refractivity contribution in [2.45, 2.75) is 31.2 Å². The van der Waals surface area contributed by atoms with E-state index >= 15 is 0 Å². The monoisotopic (exact) mass is 387 g/mol. The first-order chi connectivity index (χ1) is 12.9. The van der Waals surface area contributed by atoms with Crippen LogP contribution in [-0.2, 0) is 21.2 Å². The largest absolute Gasteiger partial charge is 0.326 e. The molecule has 0 saturated carbocycles. The molecule has 2 aromatic rings. The fourth-order valence-corrected chi connectivity index (χ4v) is 4.53. The number of carbonyl (C=O) groups excluding carboxylic acids is 1. The average molecular weight is 388 g/mol. The standard InChI is InChI=1S/C20H25N3O3S/c1-3-23(4-2)19(15-8-6-5-7-9-15)14-21-27(25,26)17-10-11-18-16(12-17)13-20(24)22-18/h5-12,19,21H,3-4,13-14H2,1-2H3,(H,22,24). The normalized spacial score (nSPS) is 14.9. The van der Waals surface area contributed by atoms with Crippen LogP contribution in [0.3, 0.4) is 0 Å². The summed E-state index contributed by atoms with van der Waals surface area (Å²) in [7, 11) is -3.67. The maximum atomic E-state index is 12.8. The van der Waals surface area contributed by atoms with Gasteiger partial charge in [0.2, 0.25) is 15.9 Å². The van der Waals surface area contributed by atoms with E-state index in [9.17, 15) is 13.2 Å². The average Bonchev–Trinajstić information content (AvgIpc) is 3.05. The Balaban J connectivity index is 1.80. The number of nitrogens with zero attached hydrogens (tertiary/aromatic N) is 1. The molecule has 7 heteroatoms. The highest BCUT2D eigenvalue weighted by Gasteiger charge is 2.24. The number of likely N-dealkylation sites (N-methyl/N-ethyl adjacent to an activating group) is 1. The number of fused-ring (bicyclic) bond motifs is 1. The summed E-state index contributed by atoms with van der Waals surface area (Å²) in [5, 5.41) is 2.72. The number of sulfonamides is 1. The minimum absolute atomic E-state index is 0.0475. The van der Waals surface area contributed by atoms with Crippen molar-refractivity contribution in [1.82, 2.24) is 9.62 Å². The van der Waals surface area contributed by atoms with E-state index in [1.807, 2.05) is 30.3 Å². The highest BCUT2D eigenvalue weighted by atomic mass is 32.2. The lowest BCUT2D eigenvalue weighted by Gasteiger charge is -2.30. The second-order valence-corrected chi connectivity index (χ2v) is 8.31. The van der Waals surface area contributed by atoms with Crippen LogP contribution in [0.1, 0.15) is 31.0 Å². The number of nitrogens with one attached hydrogen (secondary N) is 2. The molecule has 0 saturated heterocycles. The van der Waals surface area contributed by atoms with Crippen LogP contribution in [0.25, 0.3) is 0 Å². The van der Waals surface area contributed by atoms with E-state index in [0.29, 0.717) is 11.3 Å². The Morgan fingerprint density at radius 2 is 1.81 bits per heavy atom. The fraction of sp³-hybridized carbons (Fsp3) is 0.350. The number of carbonyl (C=O) groups is 1. The first-order valence-electron chi connectivity index (χ1n) is 9.16. The molecular formula is C20H25N3O3S. The molecule has 144 valence electrons. The first-order valence-corrected chi connectivity index (χ1v) is 10.6. The quantitative estimate of drug-likeness (QED) is 0.730. The van der Waals surface area contributed by atoms with Crippen LogP contribution in [0.2, 0.25) is 0 Å². The molecule has 27 heavy (non-hydrogen) atoms. The zero-order chi connectivity index (χ0) is 19.4. The minimum atomic E-state index is -3.67. The summed E-state index contributed by atoms with van der Waals surface area (Å²) in [6, 6.07) is 14.6. The van der Waals surface area contributed by atoms with Gasteiger partial charge in [-0.25, -0.2) is 13.1 Å². The van der Waals surface area contributed by atoms with Gasteiger partial charge in [0.1, 0.15) is 0 Å². The van der Waals surface area contributed by atoms with Gasteiger partial charge in [-0.15, -0.1) is 0 Å². The second-order valence-electron chi connectivity index (χ2n) is 6.54. The van der Waals surface area contributed by atoms with Crippen molar-refractivity contribution >= 4 is 21.6 Å². The van der Waals surface area contributed by atoms with Crippen molar-refractivity contribution in [3.8, 4) is 0 Å². The van der Waals surface area contributed by atoms with Gasteiger partial charge in [-0.1, -0.05) is 44.2 Å². The molecule has 0 aliphatic carbocycles. The Labute approximate surface area is 160 Å². The van der Waals surface area contributed by atoms with E-state index in [-0.39, 0.29) is 29.8 Å². The molecule has 1 amide bonds. The molecule has 2 N–H and O–H groups in total. The Morgan fingerprint density at radius 3 is 2.48 bits per heavy atom. The molecular weight excluding hydrogens is 362 g/mol. The zero-order valence-corrected chi connectivity index (χ0v) is 16.4. The third kappa shape index (κ3) is 4.37. The summed E-state index contributed by atoms with van der Waals surface area (Å²) in [6.45, 7) is 6.06. The van der Waals surface area contributed by atoms with E-state index in [1.54, 1.807) is 12.1 Å². The number of hydrogen-bond donors (Lipinski definition) is 2. The van der Waals surface area contributed by atoms with E-state index < -0.39 is 10.0 Å². The summed E-state index contributed by atoms with van der Waals surface area (Å²) in [4.78, 5) is 13.9. The summed E-state index contributed by atoms with van der Waals surface area (Å²) in [6.07, 6.45) is 0.213. The van der Waals surface area contributed by atoms with Gasteiger partial charge >= 0.3 is 0 Å². The van der Waals surface area contributed by atoms with Crippen LogP contribution in [0.15, 0.2) is 53.4 Å². The van der Waals surface area contributed by atoms with Gasteiger partial charge in [-0.2, -0.15) is 0 Å². The van der Waals surface area contributed by atoms with Gasteiger partial charge in [0.25, 0.3) is 0 Å². The Hall–Kier alpha value is -2.22. The van der Waals surface area contributed by atoms with Gasteiger partial charge in [-0.3, -0.25) is 9.69 Å². The van der Waals surface area contributed by atoms with E-state index in [2.05, 4.69) is 28.8 Å². The lowest BCUT2D eigenvalue weighted by atomic mass is 10.1. The van der Waals surface area contributed by atoms with Crippen molar-refractivity contribution < 1.29 is 13.2 Å². The Morgan fingerprint density at radius 1 is 1.11 bits per heavy atom. The molecule has 1 heterocycles. The predicted octanol–water partition coefficient (Wildman–Crippen LogP) is 2.54. The minimum Gasteiger partial charge on any atom is -0.326 e. The maximum Gasteiger partial charge on any atom is 0.240 e. The van der Waals surface area contributed by atoms with E-state index in [1.165, 1.54) is 6.07 Å². The van der Waals surface area contributed by atoms with E-state index in [4.69, 9.17) is 0 Å². The van der Waals surface area contributed by atoms with Crippen LogP contribution in [0.5, 0.6) is 0 Å². The lowest BCUT2D eigenvalue weighted by Crippen LogP contribution is -2.38. The zero-order valence-electron chi connectivity index (χ0n) is 15.6. The number of hydrogen-bond acceptors (Lipinski definition) is 4. The Kier molecular flexibility index (Phi) is 5.94. The van der Waals surface area contributed by atoms with Crippen molar-refractivity contribution in [1.29, 1.82) is 0 Å². The Bertz CT molecular complexity index is 909. The third-order valence-electron chi connectivity index (χ3n) is 4.92. The van der Waals surface area contributed by atoms with Gasteiger partial charge in [0.05, 0.1) is 11.3 Å². The molecule has 1 atom stereocenters. The predicted molar refractivity (Wildman–Crippen MR) is 106 cm³/mol. The van der Waals surface area contributed by atoms with Gasteiger partial charge in [0.15, 0.2) is 0 Å². The van der Waals surface area contributed by atoms with Crippen LogP contribution in [0.4, 0.5) is 5.69 Å². The number of rotatable bonds is 8. The summed E-state index contributed by atoms with van der Waals surface area (Å²) in [5.74, 6) is -0.113. The third-order valence-corrected chi connectivity index (χ3v) is 6.34. The summed E-state index contributed by atoms with van der Waals surface area (Å²) < 4.78 is 28.4. The van der Waals surface area contributed by atoms with Crippen LogP contribution in [-0.4, -0.2) is 38.9 Å². The summed E-state index contributed by atoms with van der Waals surface area (Å²) in [5.41, 5.74) is 2.48. The molecule has 0 aromatic heterocycles. The van der Waals surface area contributed by atoms with Crippen molar-refractivity contribution in [3.63, 3.8) is 0 Å². The molecule has 0 spiro atoms. The van der Waals surface area contributed by atoms with Crippen molar-refractivity contribution in [2.75, 3.05) is 25.0 Å². The topological polar surface area (TPSA) is 78.5 Å². The maximum absolute atomic E-state index is 12.8. The van der Waals surface area contributed by atoms with Gasteiger partial charge in [-0.05, 0) is 42.4 Å². The molecule has 0 bridgehead atoms. The molecule has 6 nitrogen and oxygen atoms in total. The molecule has 0 radical (unpaired) electrons. The fourth-order valence-electron chi connectivity index (χ4n) is 3.44. The first kappa shape index (κ1) is 19.5. The van der Waals surface area contributed by atoms with Crippen molar-refractivity contribution in [2.24, 2.45) is 0 Å². The highest BCUT2D eigenvalue weighted by molar-refractivity contribution is 7.89. The molecule has 2 aromatic carbocycles. The lowest BCUT2D eigenvalue weighted by molar-refractivity contribution is -0.115. The SMILES string of the molecule is CCN(CC)C(CNS(=O)(=O)c1ccc2c(c1)CC(=O)N2)c1ccccc1. The van der Waals surface area contributed by atoms with Crippen LogP contribution in [0, 0.1) is 0 Å². The van der Waals surface area contributed by atoms with Crippen LogP contribution >= 0.6 is 0 Å². The second kappa shape index (κ2) is 8.21. The molecule has 1 aliphatic rings. The number of amides is 1. The van der Waals surface area contributed by atoms with E-state index in [0.717, 1.165) is 18.7 Å². The number of benzene rings is 2. The molecule has 3 rings (SSSR count). The summed E-state index contributed by atoms with van der Waals surface area (Å²) >= 11 is 0. The molecule has 1 aliphatic heterocycles. The van der Waals surface area contributed by atoms with Crippen LogP contribution < -0.4 is 10.0 Å². The number of anilines is 1. The van der Waals surface area contributed by atoms with Gasteiger partial charge in [0, 0.05) is 18.3 Å². The van der Waals surface area contributed by atoms with Gasteiger partial charge < -0.3 is 5.32 Å². The van der Waals surface area contributed by atoms with Crippen molar-refractivity contribution in [3.05, 3.63) is 59.7 Å².